The predicted octanol–water partition coefficient (Wildman–Crippen LogP) is 3.09. The molecule has 1 heterocycles. The number of rotatable bonds is 5. The first kappa shape index (κ1) is 20.9. The number of carbonyl (C=O) groups excluding carboxylic acids is 2. The summed E-state index contributed by atoms with van der Waals surface area (Å²) in [6, 6.07) is 15.4. The third kappa shape index (κ3) is 4.00. The minimum atomic E-state index is -0.903. The molecule has 31 heavy (non-hydrogen) atoms. The van der Waals surface area contributed by atoms with E-state index in [0.29, 0.717) is 6.54 Å². The van der Waals surface area contributed by atoms with Gasteiger partial charge in [0.1, 0.15) is 12.6 Å². The van der Waals surface area contributed by atoms with Gasteiger partial charge < -0.3 is 20.1 Å². The van der Waals surface area contributed by atoms with Crippen LogP contribution >= 0.6 is 0 Å². The van der Waals surface area contributed by atoms with Crippen LogP contribution in [0.1, 0.15) is 30.9 Å². The van der Waals surface area contributed by atoms with E-state index >= 15 is 0 Å². The Morgan fingerprint density at radius 2 is 1.65 bits per heavy atom. The standard InChI is InChI=1S/C24H26N2O5/c1-14-11-26(12-20(14)23(28)29)22(27)15(2)25-24(30)31-13-21-18-9-5-3-7-16(18)17-8-4-6-10-19(17)21/h3-10,14-15,20-21H,11-13H2,1-2H3,(H,25,30)(H,28,29)/t14-,15?,20-/m1/s1. The number of aliphatic carboxylic acids is 1. The number of ether oxygens (including phenoxy) is 1. The zero-order valence-corrected chi connectivity index (χ0v) is 17.6. The first-order valence-corrected chi connectivity index (χ1v) is 10.5. The Kier molecular flexibility index (Phi) is 5.67. The summed E-state index contributed by atoms with van der Waals surface area (Å²) in [5, 5.41) is 11.8. The van der Waals surface area contributed by atoms with Gasteiger partial charge in [0.15, 0.2) is 0 Å². The summed E-state index contributed by atoms with van der Waals surface area (Å²) >= 11 is 0. The van der Waals surface area contributed by atoms with Gasteiger partial charge in [-0.2, -0.15) is 0 Å². The maximum absolute atomic E-state index is 12.6. The number of carboxylic acid groups (broad SMARTS) is 1. The number of benzene rings is 2. The van der Waals surface area contributed by atoms with Crippen LogP contribution in [-0.2, 0) is 14.3 Å². The lowest BCUT2D eigenvalue weighted by molar-refractivity contribution is -0.142. The largest absolute Gasteiger partial charge is 0.481 e. The second-order valence-corrected chi connectivity index (χ2v) is 8.36. The lowest BCUT2D eigenvalue weighted by Gasteiger charge is -2.22. The van der Waals surface area contributed by atoms with Crippen molar-refractivity contribution in [1.82, 2.24) is 10.2 Å². The molecule has 0 saturated carbocycles. The number of carbonyl (C=O) groups is 3. The maximum atomic E-state index is 12.6. The van der Waals surface area contributed by atoms with Crippen LogP contribution in [0.4, 0.5) is 4.79 Å². The van der Waals surface area contributed by atoms with Gasteiger partial charge in [-0.3, -0.25) is 9.59 Å². The first-order chi connectivity index (χ1) is 14.9. The average Bonchev–Trinajstić information content (AvgIpc) is 3.30. The second kappa shape index (κ2) is 8.41. The Bertz CT molecular complexity index is 975. The summed E-state index contributed by atoms with van der Waals surface area (Å²) in [6.07, 6.45) is -0.662. The summed E-state index contributed by atoms with van der Waals surface area (Å²) < 4.78 is 5.49. The van der Waals surface area contributed by atoms with Gasteiger partial charge in [-0.05, 0) is 35.1 Å². The molecule has 2 N–H and O–H groups in total. The number of alkyl carbamates (subject to hydrolysis) is 1. The first-order valence-electron chi connectivity index (χ1n) is 10.5. The molecule has 4 rings (SSSR count). The SMILES string of the molecule is CC(NC(=O)OCC1c2ccccc2-c2ccccc21)C(=O)N1C[C@@H](C)[C@H](C(=O)O)C1. The van der Waals surface area contributed by atoms with Gasteiger partial charge in [0.05, 0.1) is 5.92 Å². The highest BCUT2D eigenvalue weighted by Crippen LogP contribution is 2.44. The molecule has 0 bridgehead atoms. The van der Waals surface area contributed by atoms with Crippen molar-refractivity contribution in [3.05, 3.63) is 59.7 Å². The van der Waals surface area contributed by atoms with Crippen LogP contribution in [-0.4, -0.2) is 53.7 Å². The van der Waals surface area contributed by atoms with Gasteiger partial charge in [0, 0.05) is 19.0 Å². The van der Waals surface area contributed by atoms with Crippen LogP contribution in [0.3, 0.4) is 0 Å². The molecule has 3 atom stereocenters. The summed E-state index contributed by atoms with van der Waals surface area (Å²) in [5.74, 6) is -1.96. The normalized spacial score (nSPS) is 20.6. The quantitative estimate of drug-likeness (QED) is 0.772. The van der Waals surface area contributed by atoms with Gasteiger partial charge in [-0.25, -0.2) is 4.79 Å². The molecule has 7 nitrogen and oxygen atoms in total. The summed E-state index contributed by atoms with van der Waals surface area (Å²) in [6.45, 7) is 4.10. The molecule has 0 spiro atoms. The fourth-order valence-corrected chi connectivity index (χ4v) is 4.62. The molecule has 0 aromatic heterocycles. The predicted molar refractivity (Wildman–Crippen MR) is 115 cm³/mol. The van der Waals surface area contributed by atoms with E-state index in [2.05, 4.69) is 17.4 Å². The van der Waals surface area contributed by atoms with Crippen molar-refractivity contribution >= 4 is 18.0 Å². The van der Waals surface area contributed by atoms with Crippen LogP contribution in [0.15, 0.2) is 48.5 Å². The lowest BCUT2D eigenvalue weighted by atomic mass is 9.98. The van der Waals surface area contributed by atoms with Crippen LogP contribution in [0.25, 0.3) is 11.1 Å². The Morgan fingerprint density at radius 3 is 2.19 bits per heavy atom. The van der Waals surface area contributed by atoms with Gasteiger partial charge in [-0.1, -0.05) is 55.5 Å². The molecule has 7 heteroatoms. The number of likely N-dealkylation sites (tertiary alicyclic amines) is 1. The fraction of sp³-hybridized carbons (Fsp3) is 0.375. The molecule has 2 aromatic carbocycles. The number of fused-ring (bicyclic) bond motifs is 3. The monoisotopic (exact) mass is 422 g/mol. The van der Waals surface area contributed by atoms with E-state index in [-0.39, 0.29) is 30.9 Å². The van der Waals surface area contributed by atoms with Crippen molar-refractivity contribution in [1.29, 1.82) is 0 Å². The average molecular weight is 422 g/mol. The highest BCUT2D eigenvalue weighted by molar-refractivity contribution is 5.86. The minimum Gasteiger partial charge on any atom is -0.481 e. The van der Waals surface area contributed by atoms with E-state index in [1.54, 1.807) is 6.92 Å². The Morgan fingerprint density at radius 1 is 1.06 bits per heavy atom. The van der Waals surface area contributed by atoms with Crippen molar-refractivity contribution in [2.75, 3.05) is 19.7 Å². The zero-order chi connectivity index (χ0) is 22.1. The van der Waals surface area contributed by atoms with E-state index in [9.17, 15) is 19.5 Å². The van der Waals surface area contributed by atoms with Crippen LogP contribution in [0.2, 0.25) is 0 Å². The number of amides is 2. The molecule has 1 aliphatic heterocycles. The van der Waals surface area contributed by atoms with Crippen LogP contribution in [0.5, 0.6) is 0 Å². The van der Waals surface area contributed by atoms with Crippen molar-refractivity contribution in [2.45, 2.75) is 25.8 Å². The zero-order valence-electron chi connectivity index (χ0n) is 17.6. The van der Waals surface area contributed by atoms with Crippen LogP contribution in [0, 0.1) is 11.8 Å². The summed E-state index contributed by atoms with van der Waals surface area (Å²) in [5.41, 5.74) is 4.52. The highest BCUT2D eigenvalue weighted by atomic mass is 16.5. The maximum Gasteiger partial charge on any atom is 0.407 e. The van der Waals surface area contributed by atoms with Gasteiger partial charge in [0.25, 0.3) is 0 Å². The van der Waals surface area contributed by atoms with Gasteiger partial charge >= 0.3 is 12.1 Å². The molecule has 1 fully saturated rings. The van der Waals surface area contributed by atoms with Crippen LogP contribution < -0.4 is 5.32 Å². The number of carboxylic acids is 1. The number of hydrogen-bond donors (Lipinski definition) is 2. The number of nitrogens with zero attached hydrogens (tertiary/aromatic N) is 1. The third-order valence-electron chi connectivity index (χ3n) is 6.29. The molecule has 1 unspecified atom stereocenters. The fourth-order valence-electron chi connectivity index (χ4n) is 4.62. The molecule has 1 saturated heterocycles. The lowest BCUT2D eigenvalue weighted by Crippen LogP contribution is -2.46. The smallest absolute Gasteiger partial charge is 0.407 e. The van der Waals surface area contributed by atoms with E-state index in [1.807, 2.05) is 43.3 Å². The van der Waals surface area contributed by atoms with Crippen molar-refractivity contribution in [3.8, 4) is 11.1 Å². The van der Waals surface area contributed by atoms with E-state index in [4.69, 9.17) is 4.74 Å². The van der Waals surface area contributed by atoms with E-state index in [1.165, 1.54) is 4.90 Å². The molecule has 162 valence electrons. The molecule has 2 aliphatic rings. The third-order valence-corrected chi connectivity index (χ3v) is 6.29. The van der Waals surface area contributed by atoms with E-state index in [0.717, 1.165) is 22.3 Å². The Labute approximate surface area is 181 Å². The Hall–Kier alpha value is -3.35. The van der Waals surface area contributed by atoms with Crippen molar-refractivity contribution < 1.29 is 24.2 Å². The highest BCUT2D eigenvalue weighted by Gasteiger charge is 2.38. The molecule has 0 radical (unpaired) electrons. The van der Waals surface area contributed by atoms with Gasteiger partial charge in [0.2, 0.25) is 5.91 Å². The topological polar surface area (TPSA) is 95.9 Å². The molecular weight excluding hydrogens is 396 g/mol. The van der Waals surface area contributed by atoms with Crippen molar-refractivity contribution in [2.24, 2.45) is 11.8 Å². The molecule has 1 aliphatic carbocycles. The molecular formula is C24H26N2O5. The van der Waals surface area contributed by atoms with Gasteiger partial charge in [-0.15, -0.1) is 0 Å². The second-order valence-electron chi connectivity index (χ2n) is 8.36. The van der Waals surface area contributed by atoms with E-state index < -0.39 is 24.0 Å². The molecule has 2 aromatic rings. The minimum absolute atomic E-state index is 0.0556. The Balaban J connectivity index is 1.36. The summed E-state index contributed by atoms with van der Waals surface area (Å²) in [7, 11) is 0. The number of nitrogens with one attached hydrogen (secondary N) is 1. The molecule has 2 amide bonds. The summed E-state index contributed by atoms with van der Waals surface area (Å²) in [4.78, 5) is 37.8. The number of hydrogen-bond acceptors (Lipinski definition) is 4. The van der Waals surface area contributed by atoms with Crippen molar-refractivity contribution in [3.63, 3.8) is 0 Å².